The van der Waals surface area contributed by atoms with Gasteiger partial charge < -0.3 is 9.80 Å². The van der Waals surface area contributed by atoms with E-state index in [1.807, 2.05) is 0 Å². The van der Waals surface area contributed by atoms with Crippen molar-refractivity contribution in [3.63, 3.8) is 0 Å². The molecule has 0 aromatic heterocycles. The van der Waals surface area contributed by atoms with Crippen molar-refractivity contribution < 1.29 is 0 Å². The van der Waals surface area contributed by atoms with E-state index in [1.165, 1.54) is 33.9 Å². The minimum absolute atomic E-state index is 0.0690. The van der Waals surface area contributed by atoms with Gasteiger partial charge in [-0.05, 0) is 78.9 Å². The van der Waals surface area contributed by atoms with E-state index < -0.39 is 0 Å². The third-order valence-corrected chi connectivity index (χ3v) is 10.6. The van der Waals surface area contributed by atoms with Crippen molar-refractivity contribution in [3.8, 4) is 0 Å². The molecule has 242 valence electrons. The molecule has 0 amide bonds. The number of fused-ring (bicyclic) bond motifs is 2. The van der Waals surface area contributed by atoms with Crippen molar-refractivity contribution in [2.75, 3.05) is 9.80 Å². The molecule has 2 nitrogen and oxygen atoms in total. The highest BCUT2D eigenvalue weighted by Gasteiger charge is 2.39. The number of nitrogens with zero attached hydrogens (tertiary/aromatic N) is 2. The Balaban J connectivity index is 1.32. The molecule has 0 spiro atoms. The molecule has 4 aliphatic carbocycles. The summed E-state index contributed by atoms with van der Waals surface area (Å²) in [7, 11) is 0. The van der Waals surface area contributed by atoms with Crippen LogP contribution in [0.25, 0.3) is 0 Å². The van der Waals surface area contributed by atoms with Gasteiger partial charge in [-0.15, -0.1) is 0 Å². The first kappa shape index (κ1) is 31.8. The Kier molecular flexibility index (Phi) is 8.16. The van der Waals surface area contributed by atoms with Crippen LogP contribution in [0.1, 0.15) is 52.7 Å². The quantitative estimate of drug-likeness (QED) is 0.257. The molecule has 48 heavy (non-hydrogen) atoms. The van der Waals surface area contributed by atoms with Gasteiger partial charge in [0.2, 0.25) is 0 Å². The Bertz CT molecular complexity index is 1880. The molecular weight excluding hydrogens is 581 g/mol. The van der Waals surface area contributed by atoms with Crippen molar-refractivity contribution in [2.45, 2.75) is 52.5 Å². The van der Waals surface area contributed by atoms with Crippen molar-refractivity contribution in [3.05, 3.63) is 186 Å². The van der Waals surface area contributed by atoms with Gasteiger partial charge in [-0.25, -0.2) is 0 Å². The minimum Gasteiger partial charge on any atom is -0.332 e. The highest BCUT2D eigenvalue weighted by molar-refractivity contribution is 5.71. The zero-order valence-electron chi connectivity index (χ0n) is 29.2. The second kappa shape index (κ2) is 12.3. The predicted octanol–water partition coefficient (Wildman–Crippen LogP) is 11.9. The molecule has 0 N–H and O–H groups in total. The van der Waals surface area contributed by atoms with Gasteiger partial charge in [0, 0.05) is 51.6 Å². The highest BCUT2D eigenvalue weighted by Crippen LogP contribution is 2.48. The fourth-order valence-corrected chi connectivity index (χ4v) is 7.79. The molecule has 0 saturated carbocycles. The molecule has 3 aromatic rings. The molecule has 4 unspecified atom stereocenters. The van der Waals surface area contributed by atoms with Crippen molar-refractivity contribution >= 4 is 17.1 Å². The third kappa shape index (κ3) is 5.79. The Morgan fingerprint density at radius 3 is 1.85 bits per heavy atom. The molecule has 4 aliphatic rings. The summed E-state index contributed by atoms with van der Waals surface area (Å²) >= 11 is 0. The van der Waals surface area contributed by atoms with Crippen LogP contribution in [0.2, 0.25) is 0 Å². The largest absolute Gasteiger partial charge is 0.332 e. The molecule has 0 bridgehead atoms. The van der Waals surface area contributed by atoms with E-state index in [9.17, 15) is 0 Å². The van der Waals surface area contributed by atoms with E-state index in [0.29, 0.717) is 5.92 Å². The van der Waals surface area contributed by atoms with Gasteiger partial charge in [0.25, 0.3) is 0 Å². The molecule has 3 aromatic carbocycles. The monoisotopic (exact) mass is 628 g/mol. The summed E-state index contributed by atoms with van der Waals surface area (Å²) in [6, 6.07) is 29.3. The highest BCUT2D eigenvalue weighted by atomic mass is 15.2. The summed E-state index contributed by atoms with van der Waals surface area (Å²) in [6.45, 7) is 13.8. The van der Waals surface area contributed by atoms with Crippen LogP contribution in [0.4, 0.5) is 17.1 Å². The zero-order valence-corrected chi connectivity index (χ0v) is 29.2. The van der Waals surface area contributed by atoms with Crippen LogP contribution < -0.4 is 9.80 Å². The average molecular weight is 629 g/mol. The minimum atomic E-state index is -0.306. The van der Waals surface area contributed by atoms with E-state index in [-0.39, 0.29) is 28.2 Å². The summed E-state index contributed by atoms with van der Waals surface area (Å²) in [5, 5.41) is 0. The van der Waals surface area contributed by atoms with Gasteiger partial charge in [-0.1, -0.05) is 143 Å². The Hall–Kier alpha value is -4.82. The average Bonchev–Trinajstić information content (AvgIpc) is 3.09. The topological polar surface area (TPSA) is 6.48 Å². The summed E-state index contributed by atoms with van der Waals surface area (Å²) < 4.78 is 0. The van der Waals surface area contributed by atoms with Crippen LogP contribution in [0, 0.1) is 23.2 Å². The van der Waals surface area contributed by atoms with Crippen molar-refractivity contribution in [1.29, 1.82) is 0 Å². The number of anilines is 3. The molecule has 0 radical (unpaired) electrons. The van der Waals surface area contributed by atoms with Crippen LogP contribution in [-0.2, 0) is 11.0 Å². The number of rotatable bonds is 7. The second-order valence-electron chi connectivity index (χ2n) is 15.3. The number of benzene rings is 3. The smallest absolute Gasteiger partial charge is 0.0646 e. The molecule has 0 heterocycles. The maximum absolute atomic E-state index is 2.54. The normalized spacial score (nSPS) is 24.1. The van der Waals surface area contributed by atoms with Gasteiger partial charge in [0.1, 0.15) is 0 Å². The van der Waals surface area contributed by atoms with Gasteiger partial charge in [-0.3, -0.25) is 0 Å². The SMILES string of the molecule is CC(C)(C)c1ccc(C(C)(C)N(c2ccccc2)c2ccc(N(C3=CC=CC4C=CC=CC34)C3=CC=CC4(C)C=CC=CC34)cc2)cc1. The number of hydrogen-bond acceptors (Lipinski definition) is 2. The van der Waals surface area contributed by atoms with Crippen LogP contribution in [0.3, 0.4) is 0 Å². The lowest BCUT2D eigenvalue weighted by Crippen LogP contribution is -2.39. The fraction of sp³-hybridized carbons (Fsp3) is 0.261. The molecule has 0 saturated heterocycles. The number of hydrogen-bond donors (Lipinski definition) is 0. The zero-order chi connectivity index (χ0) is 33.5. The Labute approximate surface area is 288 Å². The molecule has 4 atom stereocenters. The van der Waals surface area contributed by atoms with Crippen molar-refractivity contribution in [1.82, 2.24) is 0 Å². The summed E-state index contributed by atoms with van der Waals surface area (Å²) in [6.07, 6.45) is 32.0. The van der Waals surface area contributed by atoms with Gasteiger partial charge in [0.15, 0.2) is 0 Å². The maximum Gasteiger partial charge on any atom is 0.0646 e. The lowest BCUT2D eigenvalue weighted by atomic mass is 9.69. The first-order valence-electron chi connectivity index (χ1n) is 17.4. The van der Waals surface area contributed by atoms with Crippen LogP contribution >= 0.6 is 0 Å². The lowest BCUT2D eigenvalue weighted by molar-refractivity contribution is 0.423. The summed E-state index contributed by atoms with van der Waals surface area (Å²) in [4.78, 5) is 5.02. The van der Waals surface area contributed by atoms with Crippen molar-refractivity contribution in [2.24, 2.45) is 23.2 Å². The predicted molar refractivity (Wildman–Crippen MR) is 205 cm³/mol. The fourth-order valence-electron chi connectivity index (χ4n) is 7.79. The molecule has 2 heteroatoms. The molecule has 0 aliphatic heterocycles. The number of allylic oxidation sites excluding steroid dienone is 14. The first-order valence-corrected chi connectivity index (χ1v) is 17.4. The van der Waals surface area contributed by atoms with E-state index in [1.54, 1.807) is 0 Å². The lowest BCUT2D eigenvalue weighted by Gasteiger charge is -2.45. The van der Waals surface area contributed by atoms with Crippen LogP contribution in [-0.4, -0.2) is 0 Å². The third-order valence-electron chi connectivity index (χ3n) is 10.6. The van der Waals surface area contributed by atoms with Gasteiger partial charge >= 0.3 is 0 Å². The summed E-state index contributed by atoms with van der Waals surface area (Å²) in [5.41, 5.74) is 8.48. The van der Waals surface area contributed by atoms with E-state index in [4.69, 9.17) is 0 Å². The van der Waals surface area contributed by atoms with E-state index >= 15 is 0 Å². The van der Waals surface area contributed by atoms with Crippen LogP contribution in [0.15, 0.2) is 175 Å². The molecule has 7 rings (SSSR count). The Morgan fingerprint density at radius 2 is 1.12 bits per heavy atom. The van der Waals surface area contributed by atoms with E-state index in [2.05, 4.69) is 215 Å². The molecule has 0 fully saturated rings. The van der Waals surface area contributed by atoms with Gasteiger partial charge in [0.05, 0.1) is 5.54 Å². The summed E-state index contributed by atoms with van der Waals surface area (Å²) in [5.74, 6) is 0.858. The number of para-hydroxylation sites is 1. The van der Waals surface area contributed by atoms with Crippen LogP contribution in [0.5, 0.6) is 0 Å². The first-order chi connectivity index (χ1) is 23.1. The standard InChI is InChI=1S/C46H48N2/c1-44(2,3)35-24-26-36(27-25-35)45(4,5)48(38-18-8-7-9-19-38)39-30-28-37(29-31-39)47(42-22-14-17-34-16-10-11-20-40(34)42)43-23-15-33-46(6)32-13-12-21-41(43)46/h7-34,40-41H,1-6H3. The second-order valence-corrected chi connectivity index (χ2v) is 15.3. The molecular formula is C46H48N2. The maximum atomic E-state index is 2.54. The van der Waals surface area contributed by atoms with E-state index in [0.717, 1.165) is 5.69 Å². The Morgan fingerprint density at radius 1 is 0.542 bits per heavy atom. The van der Waals surface area contributed by atoms with Gasteiger partial charge in [-0.2, -0.15) is 0 Å².